The van der Waals surface area contributed by atoms with Crippen molar-refractivity contribution in [3.05, 3.63) is 0 Å². The summed E-state index contributed by atoms with van der Waals surface area (Å²) in [6.07, 6.45) is 8.28. The molecule has 3 fully saturated rings. The Morgan fingerprint density at radius 3 is 1.75 bits per heavy atom. The standard InChI is InChI=1S/C16H25NO3/c1-10-2-4-11(5-3-10)17(12-6-7-12)15(18)13-8-9-14(13)16(19)20/h10-14H,2-9H2,1H3,(H,19,20). The van der Waals surface area contributed by atoms with Gasteiger partial charge >= 0.3 is 5.97 Å². The number of amides is 1. The molecule has 4 heteroatoms. The van der Waals surface area contributed by atoms with Crippen LogP contribution in [0.25, 0.3) is 0 Å². The number of carbonyl (C=O) groups is 2. The molecule has 1 amide bonds. The Hall–Kier alpha value is -1.06. The highest BCUT2D eigenvalue weighted by Gasteiger charge is 2.47. The van der Waals surface area contributed by atoms with E-state index in [1.165, 1.54) is 12.8 Å². The van der Waals surface area contributed by atoms with E-state index in [9.17, 15) is 9.59 Å². The minimum absolute atomic E-state index is 0.144. The van der Waals surface area contributed by atoms with Crippen molar-refractivity contribution in [3.8, 4) is 0 Å². The van der Waals surface area contributed by atoms with Gasteiger partial charge in [0, 0.05) is 12.1 Å². The third-order valence-electron chi connectivity index (χ3n) is 5.48. The molecule has 3 aliphatic carbocycles. The monoisotopic (exact) mass is 279 g/mol. The summed E-state index contributed by atoms with van der Waals surface area (Å²) in [5.74, 6) is -0.537. The topological polar surface area (TPSA) is 57.6 Å². The number of nitrogens with zero attached hydrogens (tertiary/aromatic N) is 1. The van der Waals surface area contributed by atoms with Gasteiger partial charge in [0.25, 0.3) is 0 Å². The molecule has 3 saturated carbocycles. The van der Waals surface area contributed by atoms with Gasteiger partial charge in [-0.3, -0.25) is 9.59 Å². The highest BCUT2D eigenvalue weighted by Crippen LogP contribution is 2.41. The van der Waals surface area contributed by atoms with Gasteiger partial charge in [0.05, 0.1) is 11.8 Å². The lowest BCUT2D eigenvalue weighted by Gasteiger charge is -2.42. The lowest BCUT2D eigenvalue weighted by Crippen LogP contribution is -2.51. The lowest BCUT2D eigenvalue weighted by atomic mass is 9.72. The summed E-state index contributed by atoms with van der Waals surface area (Å²) < 4.78 is 0. The van der Waals surface area contributed by atoms with E-state index in [1.807, 2.05) is 0 Å². The third-order valence-corrected chi connectivity index (χ3v) is 5.48. The second-order valence-electron chi connectivity index (χ2n) is 7.02. The van der Waals surface area contributed by atoms with Crippen molar-refractivity contribution in [3.63, 3.8) is 0 Å². The van der Waals surface area contributed by atoms with Crippen molar-refractivity contribution >= 4 is 11.9 Å². The first-order chi connectivity index (χ1) is 9.58. The molecule has 3 rings (SSSR count). The summed E-state index contributed by atoms with van der Waals surface area (Å²) in [6, 6.07) is 0.789. The molecule has 0 bridgehead atoms. The molecule has 0 aromatic carbocycles. The molecular formula is C16H25NO3. The first-order valence-corrected chi connectivity index (χ1v) is 8.13. The van der Waals surface area contributed by atoms with Crippen LogP contribution in [0.3, 0.4) is 0 Å². The highest BCUT2D eigenvalue weighted by molar-refractivity contribution is 5.87. The largest absolute Gasteiger partial charge is 0.481 e. The molecule has 0 spiro atoms. The molecule has 3 aliphatic rings. The molecule has 0 aromatic heterocycles. The van der Waals surface area contributed by atoms with Crippen LogP contribution in [-0.2, 0) is 9.59 Å². The van der Waals surface area contributed by atoms with Crippen LogP contribution in [-0.4, -0.2) is 34.0 Å². The van der Waals surface area contributed by atoms with E-state index in [1.54, 1.807) is 0 Å². The van der Waals surface area contributed by atoms with Crippen molar-refractivity contribution in [1.82, 2.24) is 4.90 Å². The Balaban J connectivity index is 1.67. The minimum atomic E-state index is -0.789. The van der Waals surface area contributed by atoms with Crippen LogP contribution >= 0.6 is 0 Å². The van der Waals surface area contributed by atoms with E-state index >= 15 is 0 Å². The molecule has 4 nitrogen and oxygen atoms in total. The summed E-state index contributed by atoms with van der Waals surface area (Å²) in [4.78, 5) is 26.0. The highest BCUT2D eigenvalue weighted by atomic mass is 16.4. The summed E-state index contributed by atoms with van der Waals surface area (Å²) in [5, 5.41) is 9.16. The number of aliphatic carboxylic acids is 1. The Labute approximate surface area is 120 Å². The molecule has 0 aromatic rings. The Morgan fingerprint density at radius 2 is 1.35 bits per heavy atom. The maximum Gasteiger partial charge on any atom is 0.307 e. The summed E-state index contributed by atoms with van der Waals surface area (Å²) in [7, 11) is 0. The molecule has 2 atom stereocenters. The number of hydrogen-bond donors (Lipinski definition) is 1. The van der Waals surface area contributed by atoms with Crippen molar-refractivity contribution in [2.45, 2.75) is 70.4 Å². The van der Waals surface area contributed by atoms with E-state index < -0.39 is 11.9 Å². The molecule has 1 N–H and O–H groups in total. The quantitative estimate of drug-likeness (QED) is 0.860. The zero-order valence-electron chi connectivity index (χ0n) is 12.3. The predicted octanol–water partition coefficient (Wildman–Crippen LogP) is 2.67. The fourth-order valence-corrected chi connectivity index (χ4v) is 3.81. The molecule has 0 heterocycles. The van der Waals surface area contributed by atoms with E-state index in [0.29, 0.717) is 18.5 Å². The van der Waals surface area contributed by atoms with Crippen LogP contribution in [0.5, 0.6) is 0 Å². The first-order valence-electron chi connectivity index (χ1n) is 8.13. The van der Waals surface area contributed by atoms with Gasteiger partial charge in [0.15, 0.2) is 0 Å². The summed E-state index contributed by atoms with van der Waals surface area (Å²) in [5.41, 5.74) is 0. The maximum absolute atomic E-state index is 12.8. The Kier molecular flexibility index (Phi) is 3.74. The number of rotatable bonds is 4. The van der Waals surface area contributed by atoms with Crippen LogP contribution in [0.4, 0.5) is 0 Å². The van der Waals surface area contributed by atoms with Gasteiger partial charge in [0.1, 0.15) is 0 Å². The van der Waals surface area contributed by atoms with Crippen LogP contribution < -0.4 is 0 Å². The van der Waals surface area contributed by atoms with Crippen LogP contribution in [0.2, 0.25) is 0 Å². The molecule has 20 heavy (non-hydrogen) atoms. The normalized spacial score (nSPS) is 37.0. The molecule has 2 unspecified atom stereocenters. The number of hydrogen-bond acceptors (Lipinski definition) is 2. The SMILES string of the molecule is CC1CCC(N(C(=O)C2CCC2C(=O)O)C2CC2)CC1. The van der Waals surface area contributed by atoms with Gasteiger partial charge in [-0.15, -0.1) is 0 Å². The smallest absolute Gasteiger partial charge is 0.307 e. The molecular weight excluding hydrogens is 254 g/mol. The van der Waals surface area contributed by atoms with E-state index in [-0.39, 0.29) is 11.8 Å². The van der Waals surface area contributed by atoms with Crippen molar-refractivity contribution < 1.29 is 14.7 Å². The second-order valence-corrected chi connectivity index (χ2v) is 7.02. The van der Waals surface area contributed by atoms with E-state index in [0.717, 1.165) is 38.0 Å². The van der Waals surface area contributed by atoms with E-state index in [4.69, 9.17) is 5.11 Å². The first kappa shape index (κ1) is 13.9. The van der Waals surface area contributed by atoms with Crippen LogP contribution in [0.15, 0.2) is 0 Å². The zero-order valence-corrected chi connectivity index (χ0v) is 12.3. The van der Waals surface area contributed by atoms with E-state index in [2.05, 4.69) is 11.8 Å². The average Bonchev–Trinajstić information content (AvgIpc) is 3.14. The van der Waals surface area contributed by atoms with Gasteiger partial charge in [-0.25, -0.2) is 0 Å². The fraction of sp³-hybridized carbons (Fsp3) is 0.875. The van der Waals surface area contributed by atoms with Gasteiger partial charge in [0.2, 0.25) is 5.91 Å². The van der Waals surface area contributed by atoms with Gasteiger partial charge in [-0.05, 0) is 57.3 Å². The molecule has 0 radical (unpaired) electrons. The van der Waals surface area contributed by atoms with Crippen LogP contribution in [0.1, 0.15) is 58.3 Å². The van der Waals surface area contributed by atoms with Crippen LogP contribution in [0, 0.1) is 17.8 Å². The van der Waals surface area contributed by atoms with Crippen molar-refractivity contribution in [1.29, 1.82) is 0 Å². The molecule has 0 aliphatic heterocycles. The maximum atomic E-state index is 12.8. The Bertz CT molecular complexity index is 397. The third kappa shape index (κ3) is 2.57. The summed E-state index contributed by atoms with van der Waals surface area (Å²) in [6.45, 7) is 2.28. The number of carbonyl (C=O) groups excluding carboxylic acids is 1. The molecule has 0 saturated heterocycles. The predicted molar refractivity (Wildman–Crippen MR) is 75.1 cm³/mol. The van der Waals surface area contributed by atoms with Gasteiger partial charge in [-0.2, -0.15) is 0 Å². The zero-order chi connectivity index (χ0) is 14.3. The average molecular weight is 279 g/mol. The number of carboxylic acids is 1. The van der Waals surface area contributed by atoms with Gasteiger partial charge < -0.3 is 10.0 Å². The second kappa shape index (κ2) is 5.38. The number of carboxylic acid groups (broad SMARTS) is 1. The van der Waals surface area contributed by atoms with Gasteiger partial charge in [-0.1, -0.05) is 6.92 Å². The van der Waals surface area contributed by atoms with Crippen molar-refractivity contribution in [2.24, 2.45) is 17.8 Å². The Morgan fingerprint density at radius 1 is 0.850 bits per heavy atom. The molecule has 112 valence electrons. The minimum Gasteiger partial charge on any atom is -0.481 e. The lowest BCUT2D eigenvalue weighted by molar-refractivity contribution is -0.158. The summed E-state index contributed by atoms with van der Waals surface area (Å²) >= 11 is 0. The fourth-order valence-electron chi connectivity index (χ4n) is 3.81. The van der Waals surface area contributed by atoms with Crippen molar-refractivity contribution in [2.75, 3.05) is 0 Å².